The lowest BCUT2D eigenvalue weighted by atomic mass is 9.68. The van der Waals surface area contributed by atoms with Crippen LogP contribution in [-0.4, -0.2) is 9.97 Å². The molecule has 2 aromatic heterocycles. The summed E-state index contributed by atoms with van der Waals surface area (Å²) < 4.78 is 20.5. The van der Waals surface area contributed by atoms with E-state index in [1.807, 2.05) is 42.5 Å². The molecule has 0 N–H and O–H groups in total. The quantitative estimate of drug-likeness (QED) is 0.160. The predicted molar refractivity (Wildman–Crippen MR) is 280 cm³/mol. The summed E-state index contributed by atoms with van der Waals surface area (Å²) in [6, 6.07) is 84.6. The van der Waals surface area contributed by atoms with Crippen molar-refractivity contribution in [1.29, 1.82) is 0 Å². The van der Waals surface area contributed by atoms with E-state index in [1.54, 1.807) is 0 Å². The molecule has 0 unspecified atom stereocenters. The van der Waals surface area contributed by atoms with Gasteiger partial charge in [0.25, 0.3) is 0 Å². The lowest BCUT2D eigenvalue weighted by molar-refractivity contribution is 0.361. The molecule has 5 nitrogen and oxygen atoms in total. The molecule has 0 saturated heterocycles. The van der Waals surface area contributed by atoms with Gasteiger partial charge in [-0.2, -0.15) is 0 Å². The first-order chi connectivity index (χ1) is 34.7. The lowest BCUT2D eigenvalue weighted by Crippen LogP contribution is -2.28. The van der Waals surface area contributed by atoms with E-state index < -0.39 is 5.41 Å². The predicted octanol–water partition coefficient (Wildman–Crippen LogP) is 17.0. The minimum atomic E-state index is -0.552. The number of aromatic nitrogens is 2. The van der Waals surface area contributed by atoms with Gasteiger partial charge in [0.1, 0.15) is 11.2 Å². The molecule has 0 spiro atoms. The Kier molecular flexibility index (Phi) is 9.04. The molecule has 1 aliphatic carbocycles. The van der Waals surface area contributed by atoms with Crippen molar-refractivity contribution in [3.05, 3.63) is 265 Å². The number of ether oxygens (including phenoxy) is 2. The number of rotatable bonds is 7. The normalized spacial score (nSPS) is 12.9. The Labute approximate surface area is 404 Å². The van der Waals surface area contributed by atoms with E-state index in [9.17, 15) is 0 Å². The summed E-state index contributed by atoms with van der Waals surface area (Å²) in [5, 5.41) is 2.22. The number of hydrogen-bond donors (Lipinski definition) is 0. The molecule has 3 heterocycles. The Morgan fingerprint density at radius 2 is 0.900 bits per heavy atom. The van der Waals surface area contributed by atoms with Crippen molar-refractivity contribution in [2.24, 2.45) is 0 Å². The van der Waals surface area contributed by atoms with Crippen LogP contribution in [0, 0.1) is 0 Å². The number of hydrogen-bond acceptors (Lipinski definition) is 5. The van der Waals surface area contributed by atoms with Crippen molar-refractivity contribution in [3.8, 4) is 90.3 Å². The van der Waals surface area contributed by atoms with Gasteiger partial charge in [-0.25, -0.2) is 9.97 Å². The summed E-state index contributed by atoms with van der Waals surface area (Å²) >= 11 is 0. The summed E-state index contributed by atoms with van der Waals surface area (Å²) in [6.07, 6.45) is 0. The Morgan fingerprint density at radius 1 is 0.343 bits per heavy atom. The maximum atomic E-state index is 7.07. The topological polar surface area (TPSA) is 57.4 Å². The van der Waals surface area contributed by atoms with Crippen LogP contribution in [0.4, 0.5) is 0 Å². The lowest BCUT2D eigenvalue weighted by Gasteiger charge is -2.34. The first-order valence-corrected chi connectivity index (χ1v) is 23.6. The maximum absolute atomic E-state index is 7.07. The van der Waals surface area contributed by atoms with Gasteiger partial charge in [-0.05, 0) is 69.3 Å². The zero-order chi connectivity index (χ0) is 46.2. The van der Waals surface area contributed by atoms with E-state index in [4.69, 9.17) is 23.9 Å². The summed E-state index contributed by atoms with van der Waals surface area (Å²) in [4.78, 5) is 10.5. The van der Waals surface area contributed by atoms with Gasteiger partial charge in [-0.1, -0.05) is 212 Å². The highest BCUT2D eigenvalue weighted by Crippen LogP contribution is 2.63. The Morgan fingerprint density at radius 3 is 1.69 bits per heavy atom. The van der Waals surface area contributed by atoms with Crippen LogP contribution in [0.25, 0.3) is 89.2 Å². The van der Waals surface area contributed by atoms with Gasteiger partial charge in [-0.15, -0.1) is 0 Å². The highest BCUT2D eigenvalue weighted by atomic mass is 16.6. The van der Waals surface area contributed by atoms with Crippen molar-refractivity contribution >= 4 is 21.9 Å². The fraction of sp³-hybridized carbons (Fsp3) is 0.0154. The average molecular weight is 897 g/mol. The maximum Gasteiger partial charge on any atom is 0.178 e. The zero-order valence-electron chi connectivity index (χ0n) is 37.7. The molecule has 12 aromatic rings. The highest BCUT2D eigenvalue weighted by Gasteiger charge is 2.48. The zero-order valence-corrected chi connectivity index (χ0v) is 37.7. The number of nitrogens with zero attached hydrogens (tertiary/aromatic N) is 2. The molecule has 2 aliphatic rings. The molecule has 70 heavy (non-hydrogen) atoms. The molecule has 0 bridgehead atoms. The van der Waals surface area contributed by atoms with Gasteiger partial charge in [0.05, 0.1) is 16.8 Å². The van der Waals surface area contributed by atoms with Crippen LogP contribution in [-0.2, 0) is 5.41 Å². The summed E-state index contributed by atoms with van der Waals surface area (Å²) in [6.45, 7) is 0. The number of para-hydroxylation sites is 3. The second kappa shape index (κ2) is 15.9. The summed E-state index contributed by atoms with van der Waals surface area (Å²) in [7, 11) is 0. The van der Waals surface area contributed by atoms with Gasteiger partial charge in [0.15, 0.2) is 28.8 Å². The molecule has 0 radical (unpaired) electrons. The molecule has 10 aromatic carbocycles. The first kappa shape index (κ1) is 39.8. The van der Waals surface area contributed by atoms with Crippen molar-refractivity contribution in [3.63, 3.8) is 0 Å². The van der Waals surface area contributed by atoms with Gasteiger partial charge in [0, 0.05) is 44.2 Å². The largest absolute Gasteiger partial charge is 0.455 e. The van der Waals surface area contributed by atoms with E-state index in [2.05, 4.69) is 200 Å². The van der Waals surface area contributed by atoms with Crippen molar-refractivity contribution < 1.29 is 13.9 Å². The third-order valence-corrected chi connectivity index (χ3v) is 14.1. The molecule has 14 rings (SSSR count). The monoisotopic (exact) mass is 896 g/mol. The minimum absolute atomic E-state index is 0.552. The Hall–Kier alpha value is -9.32. The molecule has 0 fully saturated rings. The molecule has 0 amide bonds. The van der Waals surface area contributed by atoms with Crippen molar-refractivity contribution in [1.82, 2.24) is 9.97 Å². The van der Waals surface area contributed by atoms with Crippen LogP contribution in [0.3, 0.4) is 0 Å². The van der Waals surface area contributed by atoms with E-state index in [0.29, 0.717) is 23.1 Å². The highest BCUT2D eigenvalue weighted by molar-refractivity contribution is 6.09. The fourth-order valence-corrected chi connectivity index (χ4v) is 10.9. The number of benzene rings is 10. The molecule has 5 heteroatoms. The fourth-order valence-electron chi connectivity index (χ4n) is 10.9. The van der Waals surface area contributed by atoms with Crippen molar-refractivity contribution in [2.45, 2.75) is 5.41 Å². The average Bonchev–Trinajstić information content (AvgIpc) is 3.98. The summed E-state index contributed by atoms with van der Waals surface area (Å²) in [5.74, 6) is 3.33. The van der Waals surface area contributed by atoms with E-state index in [0.717, 1.165) is 94.7 Å². The SMILES string of the molecule is c1ccc(-c2cc(-c3ccc(-c4cccc5c4oc4ccccc45)cc3)nc(-c3cccc(-c4cccc5c4Oc4ccc6c(c4O5)-c4ccccc4C6(c4ccccc4)c4ccccc4)c3)n2)cc1. The van der Waals surface area contributed by atoms with Crippen LogP contribution in [0.2, 0.25) is 0 Å². The molecular formula is C65H40N2O3. The van der Waals surface area contributed by atoms with E-state index in [1.165, 1.54) is 16.7 Å². The van der Waals surface area contributed by atoms with Crippen LogP contribution >= 0.6 is 0 Å². The number of fused-ring (bicyclic) bond motifs is 9. The number of furan rings is 1. The summed E-state index contributed by atoms with van der Waals surface area (Å²) in [5.41, 5.74) is 16.7. The van der Waals surface area contributed by atoms with Gasteiger partial charge < -0.3 is 13.9 Å². The third kappa shape index (κ3) is 6.18. The second-order valence-electron chi connectivity index (χ2n) is 17.9. The Bertz CT molecular complexity index is 3950. The molecule has 0 saturated carbocycles. The molecule has 0 atom stereocenters. The van der Waals surface area contributed by atoms with Crippen molar-refractivity contribution in [2.75, 3.05) is 0 Å². The first-order valence-electron chi connectivity index (χ1n) is 23.6. The molecular weight excluding hydrogens is 857 g/mol. The van der Waals surface area contributed by atoms with Gasteiger partial charge in [0.2, 0.25) is 0 Å². The van der Waals surface area contributed by atoms with Gasteiger partial charge in [-0.3, -0.25) is 0 Å². The minimum Gasteiger partial charge on any atom is -0.455 e. The second-order valence-corrected chi connectivity index (χ2v) is 17.9. The van der Waals surface area contributed by atoms with Gasteiger partial charge >= 0.3 is 0 Å². The Balaban J connectivity index is 0.842. The third-order valence-electron chi connectivity index (χ3n) is 14.1. The smallest absolute Gasteiger partial charge is 0.178 e. The van der Waals surface area contributed by atoms with Crippen LogP contribution in [0.1, 0.15) is 22.3 Å². The van der Waals surface area contributed by atoms with Crippen LogP contribution < -0.4 is 9.47 Å². The molecule has 1 aliphatic heterocycles. The van der Waals surface area contributed by atoms with Crippen LogP contribution in [0.15, 0.2) is 247 Å². The molecule has 328 valence electrons. The van der Waals surface area contributed by atoms with E-state index in [-0.39, 0.29) is 0 Å². The van der Waals surface area contributed by atoms with Crippen LogP contribution in [0.5, 0.6) is 23.0 Å². The standard InChI is InChI=1S/C65H40N2O3/c1-4-17-42(18-5-1)55-40-56(43-35-33-41(34-36-43)48-27-15-29-51-50-25-11-13-31-57(50)68-61(48)51)67-64(66-55)45-20-14-19-44(39-45)49-28-16-32-58-62(49)69-59-38-37-54-60(63(59)70-58)52-26-10-12-30-53(52)65(54,46-21-6-2-7-22-46)47-23-8-3-9-24-47/h1-40H. The van der Waals surface area contributed by atoms with E-state index >= 15 is 0 Å².